The molecule has 0 unspecified atom stereocenters. The second kappa shape index (κ2) is 9.89. The number of carbonyl (C=O) groups is 3. The molecule has 7 heteroatoms. The van der Waals surface area contributed by atoms with Gasteiger partial charge in [-0.25, -0.2) is 0 Å². The standard InChI is InChI=1S/C23H25BrN2O4/c1-15(25-22(28)18-3-7-19(24)8-4-18)23(29)26-13-11-17(12-14-26)21(27)16-5-9-20(30-2)10-6-16/h3-10,15,17H,11-14H2,1-2H3,(H,25,28)/t15-/m0/s1. The molecule has 30 heavy (non-hydrogen) atoms. The molecule has 0 spiro atoms. The Bertz CT molecular complexity index is 904. The van der Waals surface area contributed by atoms with E-state index >= 15 is 0 Å². The minimum Gasteiger partial charge on any atom is -0.497 e. The van der Waals surface area contributed by atoms with Crippen molar-refractivity contribution in [3.05, 3.63) is 64.1 Å². The summed E-state index contributed by atoms with van der Waals surface area (Å²) >= 11 is 3.33. The number of ketones is 1. The van der Waals surface area contributed by atoms with Crippen LogP contribution in [0.25, 0.3) is 0 Å². The van der Waals surface area contributed by atoms with Crippen molar-refractivity contribution in [1.29, 1.82) is 0 Å². The van der Waals surface area contributed by atoms with E-state index in [-0.39, 0.29) is 23.5 Å². The number of methoxy groups -OCH3 is 1. The van der Waals surface area contributed by atoms with Gasteiger partial charge in [0, 0.05) is 34.6 Å². The first-order chi connectivity index (χ1) is 14.4. The van der Waals surface area contributed by atoms with E-state index in [0.29, 0.717) is 42.8 Å². The van der Waals surface area contributed by atoms with Gasteiger partial charge in [-0.15, -0.1) is 0 Å². The summed E-state index contributed by atoms with van der Waals surface area (Å²) in [5.74, 6) is 0.298. The number of likely N-dealkylation sites (tertiary alicyclic amines) is 1. The molecule has 1 aliphatic rings. The van der Waals surface area contributed by atoms with Crippen LogP contribution in [-0.2, 0) is 4.79 Å². The summed E-state index contributed by atoms with van der Waals surface area (Å²) in [4.78, 5) is 39.5. The molecule has 6 nitrogen and oxygen atoms in total. The number of piperidine rings is 1. The topological polar surface area (TPSA) is 75.7 Å². The molecule has 0 aromatic heterocycles. The first kappa shape index (κ1) is 22.0. The van der Waals surface area contributed by atoms with Crippen molar-refractivity contribution >= 4 is 33.5 Å². The van der Waals surface area contributed by atoms with Gasteiger partial charge in [-0.05, 0) is 68.3 Å². The maximum Gasteiger partial charge on any atom is 0.251 e. The van der Waals surface area contributed by atoms with E-state index in [1.54, 1.807) is 67.5 Å². The molecule has 2 aromatic carbocycles. The second-order valence-electron chi connectivity index (χ2n) is 7.39. The zero-order chi connectivity index (χ0) is 21.7. The fraction of sp³-hybridized carbons (Fsp3) is 0.348. The predicted molar refractivity (Wildman–Crippen MR) is 118 cm³/mol. The van der Waals surface area contributed by atoms with Gasteiger partial charge < -0.3 is 15.0 Å². The van der Waals surface area contributed by atoms with E-state index in [9.17, 15) is 14.4 Å². The second-order valence-corrected chi connectivity index (χ2v) is 8.31. The number of amides is 2. The lowest BCUT2D eigenvalue weighted by Crippen LogP contribution is -2.49. The number of benzene rings is 2. The number of nitrogens with one attached hydrogen (secondary N) is 1. The quantitative estimate of drug-likeness (QED) is 0.650. The van der Waals surface area contributed by atoms with Gasteiger partial charge >= 0.3 is 0 Å². The third-order valence-electron chi connectivity index (χ3n) is 5.38. The van der Waals surface area contributed by atoms with Crippen LogP contribution >= 0.6 is 15.9 Å². The number of carbonyl (C=O) groups excluding carboxylic acids is 3. The number of rotatable bonds is 6. The molecule has 1 aliphatic heterocycles. The number of ether oxygens (including phenoxy) is 1. The normalized spacial score (nSPS) is 15.4. The Morgan fingerprint density at radius 1 is 1.00 bits per heavy atom. The smallest absolute Gasteiger partial charge is 0.251 e. The minimum atomic E-state index is -0.630. The van der Waals surface area contributed by atoms with Gasteiger partial charge in [0.15, 0.2) is 5.78 Å². The molecule has 2 aromatic rings. The average molecular weight is 473 g/mol. The van der Waals surface area contributed by atoms with Crippen molar-refractivity contribution in [1.82, 2.24) is 10.2 Å². The molecule has 2 amide bonds. The highest BCUT2D eigenvalue weighted by Crippen LogP contribution is 2.23. The van der Waals surface area contributed by atoms with Crippen molar-refractivity contribution in [3.8, 4) is 5.75 Å². The zero-order valence-electron chi connectivity index (χ0n) is 17.1. The maximum atomic E-state index is 12.7. The van der Waals surface area contributed by atoms with Gasteiger partial charge in [0.1, 0.15) is 11.8 Å². The van der Waals surface area contributed by atoms with Crippen molar-refractivity contribution in [2.75, 3.05) is 20.2 Å². The van der Waals surface area contributed by atoms with E-state index in [2.05, 4.69) is 21.2 Å². The summed E-state index contributed by atoms with van der Waals surface area (Å²) < 4.78 is 6.02. The number of hydrogen-bond acceptors (Lipinski definition) is 4. The zero-order valence-corrected chi connectivity index (χ0v) is 18.6. The van der Waals surface area contributed by atoms with E-state index in [4.69, 9.17) is 4.74 Å². The van der Waals surface area contributed by atoms with E-state index in [1.165, 1.54) is 0 Å². The molecule has 0 saturated carbocycles. The molecular formula is C23H25BrN2O4. The van der Waals surface area contributed by atoms with Crippen LogP contribution in [0.15, 0.2) is 53.0 Å². The first-order valence-corrected chi connectivity index (χ1v) is 10.7. The predicted octanol–water partition coefficient (Wildman–Crippen LogP) is 3.70. The summed E-state index contributed by atoms with van der Waals surface area (Å²) in [6.07, 6.45) is 1.23. The molecule has 1 N–H and O–H groups in total. The molecule has 1 heterocycles. The van der Waals surface area contributed by atoms with Crippen molar-refractivity contribution in [3.63, 3.8) is 0 Å². The molecule has 0 aliphatic carbocycles. The van der Waals surface area contributed by atoms with Crippen LogP contribution < -0.4 is 10.1 Å². The summed E-state index contributed by atoms with van der Waals surface area (Å²) in [5, 5.41) is 2.76. The Morgan fingerprint density at radius 2 is 1.57 bits per heavy atom. The monoisotopic (exact) mass is 472 g/mol. The summed E-state index contributed by atoms with van der Waals surface area (Å²) in [6, 6.07) is 13.5. The molecule has 1 fully saturated rings. The largest absolute Gasteiger partial charge is 0.497 e. The molecule has 158 valence electrons. The molecule has 1 saturated heterocycles. The first-order valence-electron chi connectivity index (χ1n) is 9.92. The average Bonchev–Trinajstić information content (AvgIpc) is 2.78. The molecular weight excluding hydrogens is 448 g/mol. The van der Waals surface area contributed by atoms with E-state index in [0.717, 1.165) is 4.47 Å². The molecule has 3 rings (SSSR count). The SMILES string of the molecule is COc1ccc(C(=O)C2CCN(C(=O)[C@H](C)NC(=O)c3ccc(Br)cc3)CC2)cc1. The summed E-state index contributed by atoms with van der Waals surface area (Å²) in [6.45, 7) is 2.70. The molecule has 1 atom stereocenters. The van der Waals surface area contributed by atoms with Gasteiger partial charge in [-0.3, -0.25) is 14.4 Å². The number of halogens is 1. The fourth-order valence-corrected chi connectivity index (χ4v) is 3.83. The Kier molecular flexibility index (Phi) is 7.26. The van der Waals surface area contributed by atoms with Crippen LogP contribution in [0.5, 0.6) is 5.75 Å². The number of nitrogens with zero attached hydrogens (tertiary/aromatic N) is 1. The van der Waals surface area contributed by atoms with Crippen molar-refractivity contribution < 1.29 is 19.1 Å². The van der Waals surface area contributed by atoms with Crippen LogP contribution in [0.1, 0.15) is 40.5 Å². The van der Waals surface area contributed by atoms with Gasteiger partial charge in [0.05, 0.1) is 7.11 Å². The lowest BCUT2D eigenvalue weighted by molar-refractivity contribution is -0.134. The highest BCUT2D eigenvalue weighted by Gasteiger charge is 2.30. The number of hydrogen-bond donors (Lipinski definition) is 1. The van der Waals surface area contributed by atoms with Crippen LogP contribution in [0.3, 0.4) is 0 Å². The van der Waals surface area contributed by atoms with E-state index in [1.807, 2.05) is 0 Å². The lowest BCUT2D eigenvalue weighted by atomic mass is 9.88. The van der Waals surface area contributed by atoms with Gasteiger partial charge in [-0.2, -0.15) is 0 Å². The number of Topliss-reactive ketones (excluding diaryl/α,β-unsaturated/α-hetero) is 1. The Balaban J connectivity index is 1.52. The van der Waals surface area contributed by atoms with Crippen molar-refractivity contribution in [2.24, 2.45) is 5.92 Å². The minimum absolute atomic E-state index is 0.0985. The molecule has 0 radical (unpaired) electrons. The Labute approximate surface area is 184 Å². The van der Waals surface area contributed by atoms with Crippen LogP contribution in [0, 0.1) is 5.92 Å². The maximum absolute atomic E-state index is 12.7. The fourth-order valence-electron chi connectivity index (χ4n) is 3.57. The van der Waals surface area contributed by atoms with Crippen LogP contribution in [-0.4, -0.2) is 48.7 Å². The lowest BCUT2D eigenvalue weighted by Gasteiger charge is -2.33. The Morgan fingerprint density at radius 3 is 2.13 bits per heavy atom. The third-order valence-corrected chi connectivity index (χ3v) is 5.91. The van der Waals surface area contributed by atoms with Gasteiger partial charge in [-0.1, -0.05) is 15.9 Å². The molecule has 0 bridgehead atoms. The summed E-state index contributed by atoms with van der Waals surface area (Å²) in [5.41, 5.74) is 1.16. The van der Waals surface area contributed by atoms with Gasteiger partial charge in [0.2, 0.25) is 5.91 Å². The van der Waals surface area contributed by atoms with E-state index < -0.39 is 6.04 Å². The third kappa shape index (κ3) is 5.27. The van der Waals surface area contributed by atoms with Crippen LogP contribution in [0.4, 0.5) is 0 Å². The van der Waals surface area contributed by atoms with Crippen molar-refractivity contribution in [2.45, 2.75) is 25.8 Å². The van der Waals surface area contributed by atoms with Crippen LogP contribution in [0.2, 0.25) is 0 Å². The summed E-state index contributed by atoms with van der Waals surface area (Å²) in [7, 11) is 1.59. The highest BCUT2D eigenvalue weighted by atomic mass is 79.9. The van der Waals surface area contributed by atoms with Gasteiger partial charge in [0.25, 0.3) is 5.91 Å². The highest BCUT2D eigenvalue weighted by molar-refractivity contribution is 9.10. The Hall–Kier alpha value is -2.67.